The summed E-state index contributed by atoms with van der Waals surface area (Å²) in [4.78, 5) is 35.4. The maximum absolute atomic E-state index is 12.2. The minimum Gasteiger partial charge on any atom is -0.480 e. The summed E-state index contributed by atoms with van der Waals surface area (Å²) in [7, 11) is 0. The Bertz CT molecular complexity index is 960. The van der Waals surface area contributed by atoms with Crippen LogP contribution >= 0.6 is 0 Å². The fourth-order valence-electron chi connectivity index (χ4n) is 4.06. The van der Waals surface area contributed by atoms with Crippen molar-refractivity contribution in [1.29, 1.82) is 0 Å². The molecule has 2 amide bonds. The van der Waals surface area contributed by atoms with Crippen LogP contribution in [0.1, 0.15) is 43.7 Å². The Morgan fingerprint density at radius 2 is 1.58 bits per heavy atom. The molecular weight excluding hydrogens is 424 g/mol. The molecule has 176 valence electrons. The first kappa shape index (κ1) is 24.3. The lowest BCUT2D eigenvalue weighted by atomic mass is 9.98. The van der Waals surface area contributed by atoms with Gasteiger partial charge >= 0.3 is 12.1 Å². The lowest BCUT2D eigenvalue weighted by molar-refractivity contribution is -0.145. The van der Waals surface area contributed by atoms with Crippen molar-refractivity contribution in [3.8, 4) is 11.1 Å². The van der Waals surface area contributed by atoms with Crippen LogP contribution in [0.3, 0.4) is 0 Å². The number of rotatable bonds is 10. The van der Waals surface area contributed by atoms with Crippen molar-refractivity contribution in [3.63, 3.8) is 0 Å². The summed E-state index contributed by atoms with van der Waals surface area (Å²) in [5, 5.41) is 23.6. The van der Waals surface area contributed by atoms with E-state index in [1.807, 2.05) is 24.3 Å². The van der Waals surface area contributed by atoms with Gasteiger partial charge in [-0.15, -0.1) is 0 Å². The summed E-state index contributed by atoms with van der Waals surface area (Å²) < 4.78 is 5.48. The molecule has 0 saturated carbocycles. The first-order valence-corrected chi connectivity index (χ1v) is 11.1. The van der Waals surface area contributed by atoms with Crippen molar-refractivity contribution in [2.45, 2.75) is 44.8 Å². The molecule has 0 radical (unpaired) electrons. The highest BCUT2D eigenvalue weighted by atomic mass is 16.5. The largest absolute Gasteiger partial charge is 0.480 e. The highest BCUT2D eigenvalue weighted by Crippen LogP contribution is 2.44. The van der Waals surface area contributed by atoms with E-state index in [-0.39, 0.29) is 12.5 Å². The fraction of sp³-hybridized carbons (Fsp3) is 0.400. The molecule has 0 aromatic heterocycles. The monoisotopic (exact) mass is 454 g/mol. The van der Waals surface area contributed by atoms with Crippen molar-refractivity contribution in [1.82, 2.24) is 10.6 Å². The number of carboxylic acid groups (broad SMARTS) is 1. The minimum absolute atomic E-state index is 0.0111. The van der Waals surface area contributed by atoms with Gasteiger partial charge in [0.05, 0.1) is 6.10 Å². The van der Waals surface area contributed by atoms with Crippen LogP contribution in [0.15, 0.2) is 48.5 Å². The topological polar surface area (TPSA) is 125 Å². The quantitative estimate of drug-likeness (QED) is 0.409. The Morgan fingerprint density at radius 1 is 1.00 bits per heavy atom. The van der Waals surface area contributed by atoms with Crippen molar-refractivity contribution in [2.75, 3.05) is 13.2 Å². The van der Waals surface area contributed by atoms with Gasteiger partial charge in [0.2, 0.25) is 5.91 Å². The van der Waals surface area contributed by atoms with Crippen molar-refractivity contribution in [2.24, 2.45) is 5.92 Å². The number of aliphatic hydroxyl groups excluding tert-OH is 1. The zero-order chi connectivity index (χ0) is 24.0. The number of aliphatic hydroxyl groups is 1. The molecule has 0 saturated heterocycles. The summed E-state index contributed by atoms with van der Waals surface area (Å²) in [5.74, 6) is -2.22. The van der Waals surface area contributed by atoms with Gasteiger partial charge in [-0.25, -0.2) is 9.59 Å². The van der Waals surface area contributed by atoms with Crippen LogP contribution in [0.5, 0.6) is 0 Å². The van der Waals surface area contributed by atoms with Crippen LogP contribution in [-0.2, 0) is 14.3 Å². The number of hydrogen-bond donors (Lipinski definition) is 4. The second-order valence-electron chi connectivity index (χ2n) is 8.36. The molecule has 0 bridgehead atoms. The van der Waals surface area contributed by atoms with Gasteiger partial charge in [0.25, 0.3) is 0 Å². The molecule has 2 aromatic carbocycles. The van der Waals surface area contributed by atoms with E-state index in [0.29, 0.717) is 19.4 Å². The van der Waals surface area contributed by atoms with Gasteiger partial charge in [0.1, 0.15) is 6.61 Å². The molecule has 3 unspecified atom stereocenters. The van der Waals surface area contributed by atoms with Crippen molar-refractivity contribution >= 4 is 18.0 Å². The van der Waals surface area contributed by atoms with Gasteiger partial charge in [-0.2, -0.15) is 0 Å². The van der Waals surface area contributed by atoms with Crippen LogP contribution < -0.4 is 10.6 Å². The van der Waals surface area contributed by atoms with Gasteiger partial charge in [-0.3, -0.25) is 4.79 Å². The van der Waals surface area contributed by atoms with E-state index >= 15 is 0 Å². The van der Waals surface area contributed by atoms with E-state index in [0.717, 1.165) is 22.3 Å². The van der Waals surface area contributed by atoms with Gasteiger partial charge in [-0.1, -0.05) is 55.5 Å². The van der Waals surface area contributed by atoms with E-state index in [2.05, 4.69) is 34.9 Å². The number of amides is 2. The molecule has 0 fully saturated rings. The van der Waals surface area contributed by atoms with Crippen LogP contribution in [0.2, 0.25) is 0 Å². The third-order valence-electron chi connectivity index (χ3n) is 5.92. The summed E-state index contributed by atoms with van der Waals surface area (Å²) in [5.41, 5.74) is 4.61. The van der Waals surface area contributed by atoms with E-state index < -0.39 is 36.0 Å². The van der Waals surface area contributed by atoms with Gasteiger partial charge in [0, 0.05) is 18.4 Å². The molecule has 8 heteroatoms. The molecule has 2 aromatic rings. The summed E-state index contributed by atoms with van der Waals surface area (Å²) in [6.07, 6.45) is -0.754. The molecule has 0 spiro atoms. The number of hydrogen-bond acceptors (Lipinski definition) is 5. The summed E-state index contributed by atoms with van der Waals surface area (Å²) >= 11 is 0. The number of carboxylic acids is 1. The number of fused-ring (bicyclic) bond motifs is 3. The Labute approximate surface area is 193 Å². The molecule has 0 heterocycles. The smallest absolute Gasteiger partial charge is 0.407 e. The zero-order valence-electron chi connectivity index (χ0n) is 18.8. The Hall–Kier alpha value is -3.39. The van der Waals surface area contributed by atoms with Gasteiger partial charge in [0.15, 0.2) is 6.04 Å². The maximum Gasteiger partial charge on any atom is 0.407 e. The van der Waals surface area contributed by atoms with E-state index in [1.165, 1.54) is 6.92 Å². The minimum atomic E-state index is -1.35. The molecule has 3 rings (SSSR count). The standard InChI is InChI=1S/C25H30N2O6/c1-15(23(29)27-22(16(2)28)24(30)31)8-7-13-26-25(32)33-14-21-19-11-5-3-9-17(19)18-10-4-6-12-20(18)21/h3-6,9-12,15-16,21-22,28H,7-8,13-14H2,1-2H3,(H,26,32)(H,27,29)(H,30,31). The zero-order valence-corrected chi connectivity index (χ0v) is 18.8. The third kappa shape index (κ3) is 5.90. The third-order valence-corrected chi connectivity index (χ3v) is 5.92. The average Bonchev–Trinajstić information content (AvgIpc) is 3.12. The van der Waals surface area contributed by atoms with Gasteiger partial charge in [-0.05, 0) is 42.0 Å². The first-order chi connectivity index (χ1) is 15.8. The van der Waals surface area contributed by atoms with Crippen LogP contribution in [-0.4, -0.2) is 53.5 Å². The maximum atomic E-state index is 12.2. The predicted octanol–water partition coefficient (Wildman–Crippen LogP) is 2.89. The lowest BCUT2D eigenvalue weighted by Gasteiger charge is -2.19. The number of alkyl carbamates (subject to hydrolysis) is 1. The Balaban J connectivity index is 1.42. The van der Waals surface area contributed by atoms with Crippen LogP contribution in [0, 0.1) is 5.92 Å². The Morgan fingerprint density at radius 3 is 2.12 bits per heavy atom. The van der Waals surface area contributed by atoms with E-state index in [1.54, 1.807) is 6.92 Å². The van der Waals surface area contributed by atoms with Gasteiger partial charge < -0.3 is 25.6 Å². The molecule has 3 atom stereocenters. The summed E-state index contributed by atoms with van der Waals surface area (Å²) in [6, 6.07) is 14.9. The molecule has 33 heavy (non-hydrogen) atoms. The number of carbonyl (C=O) groups is 3. The van der Waals surface area contributed by atoms with Crippen molar-refractivity contribution in [3.05, 3.63) is 59.7 Å². The number of ether oxygens (including phenoxy) is 1. The van der Waals surface area contributed by atoms with E-state index in [4.69, 9.17) is 9.84 Å². The molecule has 0 aliphatic heterocycles. The highest BCUT2D eigenvalue weighted by Gasteiger charge is 2.29. The first-order valence-electron chi connectivity index (χ1n) is 11.1. The number of benzene rings is 2. The number of carbonyl (C=O) groups excluding carboxylic acids is 2. The SMILES string of the molecule is CC(CCCNC(=O)OCC1c2ccccc2-c2ccccc21)C(=O)NC(C(=O)O)C(C)O. The normalized spacial score (nSPS) is 15.0. The predicted molar refractivity (Wildman–Crippen MR) is 123 cm³/mol. The molecule has 8 nitrogen and oxygen atoms in total. The van der Waals surface area contributed by atoms with Crippen LogP contribution in [0.4, 0.5) is 4.79 Å². The lowest BCUT2D eigenvalue weighted by Crippen LogP contribution is -2.49. The highest BCUT2D eigenvalue weighted by molar-refractivity contribution is 5.85. The summed E-state index contributed by atoms with van der Waals surface area (Å²) in [6.45, 7) is 3.53. The fourth-order valence-corrected chi connectivity index (χ4v) is 4.06. The second kappa shape index (κ2) is 11.0. The number of nitrogens with one attached hydrogen (secondary N) is 2. The molecule has 4 N–H and O–H groups in total. The van der Waals surface area contributed by atoms with E-state index in [9.17, 15) is 19.5 Å². The average molecular weight is 455 g/mol. The van der Waals surface area contributed by atoms with Crippen LogP contribution in [0.25, 0.3) is 11.1 Å². The molecule has 1 aliphatic rings. The molecular formula is C25H30N2O6. The Kier molecular flexibility index (Phi) is 8.06. The molecule has 1 aliphatic carbocycles. The van der Waals surface area contributed by atoms with Crippen molar-refractivity contribution < 1.29 is 29.3 Å². The second-order valence-corrected chi connectivity index (χ2v) is 8.36. The number of aliphatic carboxylic acids is 1.